The van der Waals surface area contributed by atoms with Gasteiger partial charge in [0.05, 0.1) is 16.6 Å². The highest BCUT2D eigenvalue weighted by atomic mass is 16.2. The number of amides is 2. The van der Waals surface area contributed by atoms with Crippen LogP contribution in [0.3, 0.4) is 0 Å². The summed E-state index contributed by atoms with van der Waals surface area (Å²) in [5.41, 5.74) is 10.1. The number of para-hydroxylation sites is 3. The van der Waals surface area contributed by atoms with E-state index < -0.39 is 11.6 Å². The number of hydrogen-bond donors (Lipinski definition) is 3. The van der Waals surface area contributed by atoms with E-state index in [0.29, 0.717) is 19.5 Å². The zero-order valence-electron chi connectivity index (χ0n) is 23.5. The molecular weight excluding hydrogens is 512 g/mol. The smallest absolute Gasteiger partial charge is 0.245 e. The van der Waals surface area contributed by atoms with Crippen molar-refractivity contribution in [1.82, 2.24) is 24.8 Å². The van der Waals surface area contributed by atoms with Crippen LogP contribution in [0.15, 0.2) is 85.1 Å². The quantitative estimate of drug-likeness (QED) is 0.271. The monoisotopic (exact) mass is 548 g/mol. The number of piperidine rings is 1. The maximum absolute atomic E-state index is 14.0. The van der Waals surface area contributed by atoms with E-state index in [1.165, 1.54) is 0 Å². The molecule has 0 bridgehead atoms. The van der Waals surface area contributed by atoms with Gasteiger partial charge in [-0.05, 0) is 50.5 Å². The fourth-order valence-corrected chi connectivity index (χ4v) is 5.83. The second-order valence-electron chi connectivity index (χ2n) is 11.5. The van der Waals surface area contributed by atoms with Crippen LogP contribution in [0, 0.1) is 0 Å². The van der Waals surface area contributed by atoms with Crippen LogP contribution in [0.25, 0.3) is 33.3 Å². The van der Waals surface area contributed by atoms with Crippen molar-refractivity contribution < 1.29 is 9.59 Å². The minimum Gasteiger partial charge on any atom is -0.361 e. The molecule has 8 nitrogen and oxygen atoms in total. The van der Waals surface area contributed by atoms with E-state index >= 15 is 0 Å². The number of hydrogen-bond acceptors (Lipinski definition) is 4. The third-order valence-corrected chi connectivity index (χ3v) is 8.06. The Kier molecular flexibility index (Phi) is 7.09. The third kappa shape index (κ3) is 5.35. The van der Waals surface area contributed by atoms with Gasteiger partial charge < -0.3 is 25.5 Å². The molecule has 1 aliphatic heterocycles. The van der Waals surface area contributed by atoms with Crippen LogP contribution in [0.1, 0.15) is 38.3 Å². The molecule has 0 unspecified atom stereocenters. The molecule has 8 heteroatoms. The van der Waals surface area contributed by atoms with Gasteiger partial charge in [-0.2, -0.15) is 0 Å². The highest BCUT2D eigenvalue weighted by molar-refractivity contribution is 5.92. The van der Waals surface area contributed by atoms with Gasteiger partial charge in [-0.1, -0.05) is 60.7 Å². The molecule has 4 N–H and O–H groups in total. The van der Waals surface area contributed by atoms with Crippen LogP contribution in [0.2, 0.25) is 0 Å². The number of nitrogens with zero attached hydrogens (tertiary/aromatic N) is 3. The number of H-pyrrole nitrogens is 1. The van der Waals surface area contributed by atoms with E-state index in [2.05, 4.69) is 33.1 Å². The summed E-state index contributed by atoms with van der Waals surface area (Å²) in [6.07, 6.45) is 3.89. The molecule has 0 spiro atoms. The zero-order chi connectivity index (χ0) is 28.6. The van der Waals surface area contributed by atoms with Gasteiger partial charge in [0.15, 0.2) is 0 Å². The van der Waals surface area contributed by atoms with Gasteiger partial charge in [0, 0.05) is 48.2 Å². The van der Waals surface area contributed by atoms with Gasteiger partial charge in [0.25, 0.3) is 0 Å². The van der Waals surface area contributed by atoms with Crippen molar-refractivity contribution in [3.8, 4) is 11.4 Å². The number of imidazole rings is 1. The predicted molar refractivity (Wildman–Crippen MR) is 162 cm³/mol. The molecule has 3 heterocycles. The first-order chi connectivity index (χ1) is 19.8. The minimum atomic E-state index is -1.10. The Bertz CT molecular complexity index is 1690. The Balaban J connectivity index is 1.24. The largest absolute Gasteiger partial charge is 0.361 e. The fourth-order valence-electron chi connectivity index (χ4n) is 5.83. The first kappa shape index (κ1) is 26.8. The van der Waals surface area contributed by atoms with E-state index in [1.54, 1.807) is 13.8 Å². The van der Waals surface area contributed by atoms with Gasteiger partial charge in [-0.15, -0.1) is 0 Å². The third-order valence-electron chi connectivity index (χ3n) is 8.06. The summed E-state index contributed by atoms with van der Waals surface area (Å²) in [4.78, 5) is 37.0. The molecule has 0 saturated carbocycles. The Morgan fingerprint density at radius 1 is 1.00 bits per heavy atom. The second-order valence-corrected chi connectivity index (χ2v) is 11.5. The molecular formula is C33H36N6O2. The van der Waals surface area contributed by atoms with E-state index in [0.717, 1.165) is 51.7 Å². The fraction of sp³-hybridized carbons (Fsp3) is 0.303. The van der Waals surface area contributed by atoms with Crippen molar-refractivity contribution in [2.75, 3.05) is 13.1 Å². The standard InChI is InChI=1S/C33H36N6O2/c1-33(2,34)32(41)37-28(20-23-21-35-26-13-7-6-12-25(23)26)31(40)38-18-16-24(17-19-38)39-29-15-9-8-14-27(29)36-30(39)22-10-4-3-5-11-22/h3-15,21,24,28,35H,16-20,34H2,1-2H3,(H,37,41)/t28-/m1/s1. The van der Waals surface area contributed by atoms with E-state index in [-0.39, 0.29) is 17.9 Å². The van der Waals surface area contributed by atoms with Gasteiger partial charge in [0.2, 0.25) is 11.8 Å². The molecule has 5 aromatic rings. The number of aromatic nitrogens is 3. The summed E-state index contributed by atoms with van der Waals surface area (Å²) >= 11 is 0. The van der Waals surface area contributed by atoms with Crippen molar-refractivity contribution in [1.29, 1.82) is 0 Å². The molecule has 3 aromatic carbocycles. The van der Waals surface area contributed by atoms with Crippen LogP contribution < -0.4 is 11.1 Å². The molecule has 0 aliphatic carbocycles. The number of nitrogens with one attached hydrogen (secondary N) is 2. The summed E-state index contributed by atoms with van der Waals surface area (Å²) in [7, 11) is 0. The van der Waals surface area contributed by atoms with Gasteiger partial charge in [-0.3, -0.25) is 9.59 Å². The van der Waals surface area contributed by atoms with E-state index in [1.807, 2.05) is 71.8 Å². The lowest BCUT2D eigenvalue weighted by Gasteiger charge is -2.36. The lowest BCUT2D eigenvalue weighted by atomic mass is 9.99. The molecule has 0 radical (unpaired) electrons. The highest BCUT2D eigenvalue weighted by Gasteiger charge is 2.34. The maximum Gasteiger partial charge on any atom is 0.245 e. The van der Waals surface area contributed by atoms with Crippen molar-refractivity contribution in [2.45, 2.75) is 50.7 Å². The van der Waals surface area contributed by atoms with Crippen LogP contribution in [0.5, 0.6) is 0 Å². The van der Waals surface area contributed by atoms with Crippen molar-refractivity contribution >= 4 is 33.8 Å². The van der Waals surface area contributed by atoms with Crippen molar-refractivity contribution in [3.05, 3.63) is 90.6 Å². The van der Waals surface area contributed by atoms with Gasteiger partial charge in [-0.25, -0.2) is 4.98 Å². The minimum absolute atomic E-state index is 0.0786. The first-order valence-electron chi connectivity index (χ1n) is 14.3. The summed E-state index contributed by atoms with van der Waals surface area (Å²) < 4.78 is 2.34. The maximum atomic E-state index is 14.0. The number of nitrogens with two attached hydrogens (primary N) is 1. The van der Waals surface area contributed by atoms with Gasteiger partial charge >= 0.3 is 0 Å². The number of carbonyl (C=O) groups is 2. The van der Waals surface area contributed by atoms with Crippen LogP contribution in [0.4, 0.5) is 0 Å². The highest BCUT2D eigenvalue weighted by Crippen LogP contribution is 2.33. The Morgan fingerprint density at radius 2 is 1.68 bits per heavy atom. The van der Waals surface area contributed by atoms with Crippen molar-refractivity contribution in [3.63, 3.8) is 0 Å². The molecule has 1 aliphatic rings. The number of aromatic amines is 1. The Labute approximate surface area is 239 Å². The molecule has 1 atom stereocenters. The number of rotatable bonds is 7. The number of fused-ring (bicyclic) bond motifs is 2. The molecule has 2 aromatic heterocycles. The molecule has 210 valence electrons. The van der Waals surface area contributed by atoms with Crippen LogP contribution in [-0.2, 0) is 16.0 Å². The zero-order valence-corrected chi connectivity index (χ0v) is 23.5. The number of carbonyl (C=O) groups excluding carboxylic acids is 2. The van der Waals surface area contributed by atoms with E-state index in [9.17, 15) is 9.59 Å². The lowest BCUT2D eigenvalue weighted by Crippen LogP contribution is -2.57. The van der Waals surface area contributed by atoms with Crippen LogP contribution in [-0.4, -0.2) is 55.9 Å². The SMILES string of the molecule is CC(C)(N)C(=O)N[C@H](Cc1c[nH]c2ccccc12)C(=O)N1CCC(n2c(-c3ccccc3)nc3ccccc32)CC1. The summed E-state index contributed by atoms with van der Waals surface area (Å²) in [6, 6.07) is 26.0. The lowest BCUT2D eigenvalue weighted by molar-refractivity contribution is -0.138. The van der Waals surface area contributed by atoms with Gasteiger partial charge in [0.1, 0.15) is 11.9 Å². The summed E-state index contributed by atoms with van der Waals surface area (Å²) in [5.74, 6) is 0.527. The number of likely N-dealkylation sites (tertiary alicyclic amines) is 1. The Morgan fingerprint density at radius 3 is 2.44 bits per heavy atom. The summed E-state index contributed by atoms with van der Waals surface area (Å²) in [5, 5.41) is 4.01. The molecule has 2 amide bonds. The predicted octanol–water partition coefficient (Wildman–Crippen LogP) is 4.81. The molecule has 41 heavy (non-hydrogen) atoms. The Hall–Kier alpha value is -4.43. The van der Waals surface area contributed by atoms with E-state index in [4.69, 9.17) is 10.7 Å². The van der Waals surface area contributed by atoms with Crippen molar-refractivity contribution in [2.24, 2.45) is 5.73 Å². The molecule has 6 rings (SSSR count). The van der Waals surface area contributed by atoms with Crippen LogP contribution >= 0.6 is 0 Å². The first-order valence-corrected chi connectivity index (χ1v) is 14.3. The average molecular weight is 549 g/mol. The molecule has 1 fully saturated rings. The summed E-state index contributed by atoms with van der Waals surface area (Å²) in [6.45, 7) is 4.49. The topological polar surface area (TPSA) is 109 Å². The number of benzene rings is 3. The second kappa shape index (κ2) is 10.9. The normalized spacial score (nSPS) is 15.3. The molecule has 1 saturated heterocycles. The average Bonchev–Trinajstić information content (AvgIpc) is 3.58.